The van der Waals surface area contributed by atoms with Crippen molar-refractivity contribution in [2.75, 3.05) is 32.2 Å². The fourth-order valence-electron chi connectivity index (χ4n) is 2.67. The molecule has 2 N–H and O–H groups in total. The molecule has 2 fully saturated rings. The van der Waals surface area contributed by atoms with Gasteiger partial charge in [-0.05, 0) is 19.3 Å². The summed E-state index contributed by atoms with van der Waals surface area (Å²) < 4.78 is 10.1. The van der Waals surface area contributed by atoms with Crippen molar-refractivity contribution < 1.29 is 19.4 Å². The van der Waals surface area contributed by atoms with Gasteiger partial charge in [0.1, 0.15) is 16.7 Å². The van der Waals surface area contributed by atoms with E-state index in [2.05, 4.69) is 15.3 Å². The third-order valence-electron chi connectivity index (χ3n) is 4.24. The lowest BCUT2D eigenvalue weighted by molar-refractivity contribution is 0.0593. The van der Waals surface area contributed by atoms with Crippen molar-refractivity contribution in [1.82, 2.24) is 9.97 Å². The van der Waals surface area contributed by atoms with Gasteiger partial charge in [-0.3, -0.25) is 0 Å². The van der Waals surface area contributed by atoms with Gasteiger partial charge in [0, 0.05) is 18.4 Å². The molecule has 2 aliphatic rings. The van der Waals surface area contributed by atoms with Gasteiger partial charge in [0.25, 0.3) is 0 Å². The molecule has 8 heteroatoms. The van der Waals surface area contributed by atoms with E-state index in [1.165, 1.54) is 7.11 Å². The maximum Gasteiger partial charge on any atom is 0.358 e. The van der Waals surface area contributed by atoms with Gasteiger partial charge in [-0.1, -0.05) is 11.6 Å². The number of methoxy groups -OCH3 is 1. The van der Waals surface area contributed by atoms with Crippen LogP contribution in [-0.2, 0) is 9.47 Å². The van der Waals surface area contributed by atoms with Crippen LogP contribution in [0.4, 0.5) is 5.82 Å². The van der Waals surface area contributed by atoms with Gasteiger partial charge in [-0.25, -0.2) is 14.8 Å². The molecular formula is C15H20ClN3O4. The lowest BCUT2D eigenvalue weighted by Gasteiger charge is -2.23. The van der Waals surface area contributed by atoms with Crippen LogP contribution in [0.1, 0.15) is 41.5 Å². The van der Waals surface area contributed by atoms with Gasteiger partial charge >= 0.3 is 5.97 Å². The summed E-state index contributed by atoms with van der Waals surface area (Å²) in [5, 5.41) is 12.9. The number of hydrogen-bond donors (Lipinski definition) is 2. The number of hydrogen-bond acceptors (Lipinski definition) is 7. The molecule has 0 spiro atoms. The molecule has 1 saturated carbocycles. The second-order valence-corrected chi connectivity index (χ2v) is 6.29. The third kappa shape index (κ3) is 3.57. The third-order valence-corrected chi connectivity index (χ3v) is 4.60. The van der Waals surface area contributed by atoms with Crippen molar-refractivity contribution in [3.05, 3.63) is 16.5 Å². The van der Waals surface area contributed by atoms with Crippen molar-refractivity contribution >= 4 is 23.4 Å². The summed E-state index contributed by atoms with van der Waals surface area (Å²) in [6.07, 6.45) is 2.86. The summed E-state index contributed by atoms with van der Waals surface area (Å²) in [7, 11) is 1.29. The maximum absolute atomic E-state index is 11.9. The molecule has 0 radical (unpaired) electrons. The Morgan fingerprint density at radius 2 is 2.26 bits per heavy atom. The molecule has 2 unspecified atom stereocenters. The first-order valence-electron chi connectivity index (χ1n) is 7.75. The van der Waals surface area contributed by atoms with Gasteiger partial charge in [0.05, 0.1) is 26.4 Å². The van der Waals surface area contributed by atoms with Crippen LogP contribution in [0.25, 0.3) is 0 Å². The molecule has 1 aliphatic heterocycles. The number of esters is 1. The molecule has 1 aromatic heterocycles. The molecule has 1 aromatic rings. The van der Waals surface area contributed by atoms with Crippen molar-refractivity contribution in [2.24, 2.45) is 5.92 Å². The Bertz CT molecular complexity index is 588. The van der Waals surface area contributed by atoms with Crippen molar-refractivity contribution in [3.63, 3.8) is 0 Å². The zero-order valence-electron chi connectivity index (χ0n) is 12.9. The van der Waals surface area contributed by atoms with E-state index in [4.69, 9.17) is 21.1 Å². The first-order chi connectivity index (χ1) is 11.1. The molecule has 126 valence electrons. The molecule has 7 nitrogen and oxygen atoms in total. The molecule has 0 amide bonds. The van der Waals surface area contributed by atoms with E-state index < -0.39 is 5.97 Å². The Labute approximate surface area is 139 Å². The smallest absolute Gasteiger partial charge is 0.358 e. The lowest BCUT2D eigenvalue weighted by atomic mass is 10.00. The van der Waals surface area contributed by atoms with Gasteiger partial charge in [0.15, 0.2) is 5.69 Å². The molecule has 2 heterocycles. The fourth-order valence-corrected chi connectivity index (χ4v) is 2.89. The summed E-state index contributed by atoms with van der Waals surface area (Å²) in [5.41, 5.74) is 0.0629. The summed E-state index contributed by atoms with van der Waals surface area (Å²) in [6, 6.07) is -0.234. The Morgan fingerprint density at radius 3 is 2.83 bits per heavy atom. The standard InChI is InChI=1S/C15H20ClN3O4/c1-22-15(21)12-11(16)14(19-13(18-12)8-2-3-8)17-10(6-20)9-4-5-23-7-9/h8-10,20H,2-7H2,1H3,(H,17,18,19). The Kier molecular flexibility index (Phi) is 4.99. The topological polar surface area (TPSA) is 93.6 Å². The second-order valence-electron chi connectivity index (χ2n) is 5.92. The summed E-state index contributed by atoms with van der Waals surface area (Å²) in [5.74, 6) is 0.814. The highest BCUT2D eigenvalue weighted by atomic mass is 35.5. The number of carbonyl (C=O) groups is 1. The monoisotopic (exact) mass is 341 g/mol. The molecule has 0 bridgehead atoms. The number of nitrogens with zero attached hydrogens (tertiary/aromatic N) is 2. The maximum atomic E-state index is 11.9. The Morgan fingerprint density at radius 1 is 1.48 bits per heavy atom. The zero-order valence-corrected chi connectivity index (χ0v) is 13.7. The first kappa shape index (κ1) is 16.4. The number of nitrogens with one attached hydrogen (secondary N) is 1. The van der Waals surface area contributed by atoms with E-state index in [1.54, 1.807) is 0 Å². The number of aliphatic hydroxyl groups excluding tert-OH is 1. The summed E-state index contributed by atoms with van der Waals surface area (Å²) in [4.78, 5) is 20.6. The van der Waals surface area contributed by atoms with E-state index in [-0.39, 0.29) is 35.2 Å². The molecule has 0 aromatic carbocycles. The summed E-state index contributed by atoms with van der Waals surface area (Å²) >= 11 is 6.29. The Hall–Kier alpha value is -1.44. The highest BCUT2D eigenvalue weighted by Gasteiger charge is 2.32. The number of aromatic nitrogens is 2. The van der Waals surface area contributed by atoms with Gasteiger partial charge in [-0.15, -0.1) is 0 Å². The van der Waals surface area contributed by atoms with Crippen molar-refractivity contribution in [2.45, 2.75) is 31.2 Å². The normalized spacial score (nSPS) is 22.0. The SMILES string of the molecule is COC(=O)c1nc(C2CC2)nc(NC(CO)C2CCOC2)c1Cl. The van der Waals surface area contributed by atoms with Gasteiger partial charge in [-0.2, -0.15) is 0 Å². The number of carbonyl (C=O) groups excluding carboxylic acids is 1. The van der Waals surface area contributed by atoms with E-state index in [1.807, 2.05) is 0 Å². The van der Waals surface area contributed by atoms with Crippen LogP contribution in [0.2, 0.25) is 5.02 Å². The predicted molar refractivity (Wildman–Crippen MR) is 83.8 cm³/mol. The molecular weight excluding hydrogens is 322 g/mol. The van der Waals surface area contributed by atoms with Crippen LogP contribution < -0.4 is 5.32 Å². The summed E-state index contributed by atoms with van der Waals surface area (Å²) in [6.45, 7) is 1.20. The highest BCUT2D eigenvalue weighted by molar-refractivity contribution is 6.35. The molecule has 1 saturated heterocycles. The largest absolute Gasteiger partial charge is 0.464 e. The van der Waals surface area contributed by atoms with Crippen molar-refractivity contribution in [1.29, 1.82) is 0 Å². The number of anilines is 1. The van der Waals surface area contributed by atoms with Gasteiger partial charge in [0.2, 0.25) is 0 Å². The minimum absolute atomic E-state index is 0.0629. The van der Waals surface area contributed by atoms with Crippen LogP contribution in [0.3, 0.4) is 0 Å². The van der Waals surface area contributed by atoms with Crippen LogP contribution in [-0.4, -0.2) is 54.0 Å². The fraction of sp³-hybridized carbons (Fsp3) is 0.667. The van der Waals surface area contributed by atoms with Gasteiger partial charge < -0.3 is 19.9 Å². The van der Waals surface area contributed by atoms with Crippen LogP contribution in [0, 0.1) is 5.92 Å². The highest BCUT2D eigenvalue weighted by Crippen LogP contribution is 2.40. The molecule has 2 atom stereocenters. The lowest BCUT2D eigenvalue weighted by Crippen LogP contribution is -2.34. The number of aliphatic hydroxyl groups is 1. The number of rotatable bonds is 6. The number of halogens is 1. The van der Waals surface area contributed by atoms with Crippen LogP contribution in [0.15, 0.2) is 0 Å². The van der Waals surface area contributed by atoms with Crippen LogP contribution in [0.5, 0.6) is 0 Å². The molecule has 3 rings (SSSR count). The second kappa shape index (κ2) is 6.98. The average molecular weight is 342 g/mol. The first-order valence-corrected chi connectivity index (χ1v) is 8.12. The van der Waals surface area contributed by atoms with E-state index in [9.17, 15) is 9.90 Å². The quantitative estimate of drug-likeness (QED) is 0.759. The average Bonchev–Trinajstić information content (AvgIpc) is 3.28. The van der Waals surface area contributed by atoms with E-state index in [0.717, 1.165) is 19.3 Å². The molecule has 1 aliphatic carbocycles. The predicted octanol–water partition coefficient (Wildman–Crippen LogP) is 1.60. The van der Waals surface area contributed by atoms with E-state index in [0.29, 0.717) is 24.9 Å². The van der Waals surface area contributed by atoms with Crippen LogP contribution >= 0.6 is 11.6 Å². The minimum Gasteiger partial charge on any atom is -0.464 e. The number of ether oxygens (including phenoxy) is 2. The minimum atomic E-state index is -0.591. The zero-order chi connectivity index (χ0) is 16.4. The van der Waals surface area contributed by atoms with E-state index >= 15 is 0 Å². The molecule has 23 heavy (non-hydrogen) atoms. The van der Waals surface area contributed by atoms with Crippen molar-refractivity contribution in [3.8, 4) is 0 Å². The Balaban J connectivity index is 1.89.